The Bertz CT molecular complexity index is 314. The molecule has 0 aromatic heterocycles. The minimum atomic E-state index is 0.267. The molecule has 2 rings (SSSR count). The van der Waals surface area contributed by atoms with Crippen LogP contribution in [0.1, 0.15) is 39.0 Å². The molecule has 0 spiro atoms. The van der Waals surface area contributed by atoms with E-state index in [0.29, 0.717) is 17.9 Å². The van der Waals surface area contributed by atoms with Gasteiger partial charge in [-0.1, -0.05) is 5.16 Å². The van der Waals surface area contributed by atoms with Crippen LogP contribution in [0, 0.1) is 5.41 Å². The molecule has 2 fully saturated rings. The number of likely N-dealkylation sites (tertiary alicyclic amines) is 1. The Morgan fingerprint density at radius 3 is 2.83 bits per heavy atom. The number of nitrogens with two attached hydrogens (primary N) is 1. The number of hydrogen-bond acceptors (Lipinski definition) is 4. The quantitative estimate of drug-likeness (QED) is 0.296. The van der Waals surface area contributed by atoms with Crippen LogP contribution in [0.2, 0.25) is 0 Å². The summed E-state index contributed by atoms with van der Waals surface area (Å²) < 4.78 is 0. The number of amidine groups is 1. The zero-order valence-corrected chi connectivity index (χ0v) is 11.5. The molecule has 2 unspecified atom stereocenters. The molecule has 5 heteroatoms. The summed E-state index contributed by atoms with van der Waals surface area (Å²) in [5, 5.41) is 15.4. The molecule has 18 heavy (non-hydrogen) atoms. The first-order valence-electron chi connectivity index (χ1n) is 6.95. The van der Waals surface area contributed by atoms with E-state index in [-0.39, 0.29) is 5.41 Å². The van der Waals surface area contributed by atoms with Gasteiger partial charge in [0.1, 0.15) is 5.84 Å². The van der Waals surface area contributed by atoms with Crippen molar-refractivity contribution in [3.05, 3.63) is 0 Å². The first-order chi connectivity index (χ1) is 8.54. The van der Waals surface area contributed by atoms with E-state index < -0.39 is 0 Å². The molecular formula is C13H26N4O. The van der Waals surface area contributed by atoms with E-state index in [9.17, 15) is 0 Å². The summed E-state index contributed by atoms with van der Waals surface area (Å²) in [5.41, 5.74) is 5.88. The molecule has 104 valence electrons. The van der Waals surface area contributed by atoms with Gasteiger partial charge in [0.25, 0.3) is 0 Å². The average molecular weight is 254 g/mol. The van der Waals surface area contributed by atoms with Crippen LogP contribution in [0.3, 0.4) is 0 Å². The van der Waals surface area contributed by atoms with Crippen molar-refractivity contribution >= 4 is 5.84 Å². The summed E-state index contributed by atoms with van der Waals surface area (Å²) in [6.07, 6.45) is 5.55. The summed E-state index contributed by atoms with van der Waals surface area (Å²) >= 11 is 0. The van der Waals surface area contributed by atoms with Crippen molar-refractivity contribution in [2.45, 2.75) is 51.1 Å². The molecular weight excluding hydrogens is 228 g/mol. The first kappa shape index (κ1) is 13.6. The minimum absolute atomic E-state index is 0.267. The molecule has 1 aliphatic heterocycles. The van der Waals surface area contributed by atoms with Gasteiger partial charge in [-0.25, -0.2) is 0 Å². The van der Waals surface area contributed by atoms with Crippen LogP contribution in [-0.2, 0) is 0 Å². The highest BCUT2D eigenvalue weighted by atomic mass is 16.4. The number of oxime groups is 1. The number of piperidine rings is 1. The molecule has 0 radical (unpaired) electrons. The third-order valence-corrected chi connectivity index (χ3v) is 4.62. The SMILES string of the molecule is CC1CC(NCC2(CC(N)=NO)CC2)CCN1C. The molecule has 2 aliphatic rings. The predicted molar refractivity (Wildman–Crippen MR) is 72.8 cm³/mol. The van der Waals surface area contributed by atoms with Gasteiger partial charge in [-0.05, 0) is 51.6 Å². The monoisotopic (exact) mass is 254 g/mol. The average Bonchev–Trinajstić information content (AvgIpc) is 3.11. The molecule has 0 aromatic rings. The van der Waals surface area contributed by atoms with E-state index in [1.807, 2.05) is 0 Å². The molecule has 0 bridgehead atoms. The number of hydrogen-bond donors (Lipinski definition) is 3. The van der Waals surface area contributed by atoms with Gasteiger partial charge in [-0.15, -0.1) is 0 Å². The van der Waals surface area contributed by atoms with Crippen molar-refractivity contribution in [3.63, 3.8) is 0 Å². The Morgan fingerprint density at radius 1 is 1.56 bits per heavy atom. The standard InChI is InChI=1S/C13H26N4O/c1-10-7-11(3-6-17(10)2)15-9-13(4-5-13)8-12(14)16-18/h10-11,15,18H,3-9H2,1-2H3,(H2,14,16). The normalized spacial score (nSPS) is 32.4. The predicted octanol–water partition coefficient (Wildman–Crippen LogP) is 0.975. The maximum absolute atomic E-state index is 8.64. The molecule has 1 saturated carbocycles. The van der Waals surface area contributed by atoms with Crippen LogP contribution in [-0.4, -0.2) is 48.2 Å². The lowest BCUT2D eigenvalue weighted by atomic mass is 9.96. The minimum Gasteiger partial charge on any atom is -0.409 e. The van der Waals surface area contributed by atoms with Crippen molar-refractivity contribution in [2.75, 3.05) is 20.1 Å². The second kappa shape index (κ2) is 5.45. The number of rotatable bonds is 5. The van der Waals surface area contributed by atoms with Crippen molar-refractivity contribution in [1.82, 2.24) is 10.2 Å². The van der Waals surface area contributed by atoms with Gasteiger partial charge in [0.15, 0.2) is 0 Å². The lowest BCUT2D eigenvalue weighted by Crippen LogP contribution is -2.47. The van der Waals surface area contributed by atoms with Gasteiger partial charge < -0.3 is 21.2 Å². The fraction of sp³-hybridized carbons (Fsp3) is 0.923. The fourth-order valence-electron chi connectivity index (χ4n) is 2.85. The van der Waals surface area contributed by atoms with Crippen LogP contribution in [0.15, 0.2) is 5.16 Å². The third-order valence-electron chi connectivity index (χ3n) is 4.62. The van der Waals surface area contributed by atoms with E-state index in [1.165, 1.54) is 32.2 Å². The van der Waals surface area contributed by atoms with Crippen LogP contribution < -0.4 is 11.1 Å². The maximum atomic E-state index is 8.64. The van der Waals surface area contributed by atoms with E-state index in [4.69, 9.17) is 10.9 Å². The number of nitrogens with one attached hydrogen (secondary N) is 1. The highest BCUT2D eigenvalue weighted by molar-refractivity contribution is 5.80. The smallest absolute Gasteiger partial charge is 0.139 e. The largest absolute Gasteiger partial charge is 0.409 e. The van der Waals surface area contributed by atoms with Gasteiger partial charge in [0.2, 0.25) is 0 Å². The first-order valence-corrected chi connectivity index (χ1v) is 6.95. The van der Waals surface area contributed by atoms with E-state index in [1.54, 1.807) is 0 Å². The van der Waals surface area contributed by atoms with Gasteiger partial charge in [-0.2, -0.15) is 0 Å². The van der Waals surface area contributed by atoms with Crippen LogP contribution in [0.4, 0.5) is 0 Å². The van der Waals surface area contributed by atoms with Crippen LogP contribution in [0.25, 0.3) is 0 Å². The maximum Gasteiger partial charge on any atom is 0.139 e. The van der Waals surface area contributed by atoms with Crippen molar-refractivity contribution in [3.8, 4) is 0 Å². The van der Waals surface area contributed by atoms with E-state index in [0.717, 1.165) is 13.0 Å². The van der Waals surface area contributed by atoms with Crippen molar-refractivity contribution < 1.29 is 5.21 Å². The summed E-state index contributed by atoms with van der Waals surface area (Å²) in [7, 11) is 2.20. The molecule has 1 aliphatic carbocycles. The summed E-state index contributed by atoms with van der Waals surface area (Å²) in [4.78, 5) is 2.42. The van der Waals surface area contributed by atoms with Gasteiger partial charge >= 0.3 is 0 Å². The van der Waals surface area contributed by atoms with E-state index in [2.05, 4.69) is 29.3 Å². The Morgan fingerprint density at radius 2 is 2.28 bits per heavy atom. The molecule has 0 amide bonds. The van der Waals surface area contributed by atoms with Crippen molar-refractivity contribution in [2.24, 2.45) is 16.3 Å². The summed E-state index contributed by atoms with van der Waals surface area (Å²) in [5.74, 6) is 0.367. The summed E-state index contributed by atoms with van der Waals surface area (Å²) in [6.45, 7) is 4.47. The zero-order chi connectivity index (χ0) is 13.2. The van der Waals surface area contributed by atoms with Gasteiger partial charge in [0, 0.05) is 25.0 Å². The van der Waals surface area contributed by atoms with Gasteiger partial charge in [-0.3, -0.25) is 0 Å². The topological polar surface area (TPSA) is 73.9 Å². The molecule has 0 aromatic carbocycles. The highest BCUT2D eigenvalue weighted by Gasteiger charge is 2.43. The van der Waals surface area contributed by atoms with Crippen LogP contribution in [0.5, 0.6) is 0 Å². The van der Waals surface area contributed by atoms with Crippen molar-refractivity contribution in [1.29, 1.82) is 0 Å². The molecule has 2 atom stereocenters. The van der Waals surface area contributed by atoms with E-state index >= 15 is 0 Å². The molecule has 4 N–H and O–H groups in total. The van der Waals surface area contributed by atoms with Crippen LogP contribution >= 0.6 is 0 Å². The lowest BCUT2D eigenvalue weighted by Gasteiger charge is -2.36. The Labute approximate surface area is 109 Å². The fourth-order valence-corrected chi connectivity index (χ4v) is 2.85. The highest BCUT2D eigenvalue weighted by Crippen LogP contribution is 2.48. The Balaban J connectivity index is 1.75. The molecule has 1 saturated heterocycles. The Hall–Kier alpha value is -0.810. The molecule has 5 nitrogen and oxygen atoms in total. The van der Waals surface area contributed by atoms with Gasteiger partial charge in [0.05, 0.1) is 0 Å². The summed E-state index contributed by atoms with van der Waals surface area (Å²) in [6, 6.07) is 1.29. The Kier molecular flexibility index (Phi) is 4.12. The third kappa shape index (κ3) is 3.36. The lowest BCUT2D eigenvalue weighted by molar-refractivity contribution is 0.165. The second-order valence-corrected chi connectivity index (χ2v) is 6.20. The number of nitrogens with zero attached hydrogens (tertiary/aromatic N) is 2. The second-order valence-electron chi connectivity index (χ2n) is 6.20. The zero-order valence-electron chi connectivity index (χ0n) is 11.5. The molecule has 1 heterocycles.